The van der Waals surface area contributed by atoms with Gasteiger partial charge in [0.2, 0.25) is 0 Å². The van der Waals surface area contributed by atoms with Crippen LogP contribution in [0, 0.1) is 0 Å². The minimum atomic E-state index is 0.191. The first kappa shape index (κ1) is 15.0. The fraction of sp³-hybridized carbons (Fsp3) is 0.0526. The summed E-state index contributed by atoms with van der Waals surface area (Å²) >= 11 is 0. The van der Waals surface area contributed by atoms with Crippen LogP contribution in [-0.4, -0.2) is 26.6 Å². The van der Waals surface area contributed by atoms with Crippen molar-refractivity contribution in [3.05, 3.63) is 67.1 Å². The maximum Gasteiger partial charge on any atom is 0.157 e. The molecule has 0 aliphatic rings. The van der Waals surface area contributed by atoms with E-state index in [0.717, 1.165) is 28.5 Å². The Morgan fingerprint density at radius 2 is 2.00 bits per heavy atom. The number of fused-ring (bicyclic) bond motifs is 1. The van der Waals surface area contributed by atoms with Gasteiger partial charge in [0.05, 0.1) is 19.0 Å². The molecule has 0 saturated heterocycles. The SMILES string of the molecule is COc1ccccc1Nc1c(-c2cccc(O)c2)nc2cnccn12. The van der Waals surface area contributed by atoms with Crippen molar-refractivity contribution < 1.29 is 9.84 Å². The van der Waals surface area contributed by atoms with E-state index in [0.29, 0.717) is 5.65 Å². The molecule has 2 aromatic heterocycles. The lowest BCUT2D eigenvalue weighted by molar-refractivity contribution is 0.417. The average Bonchev–Trinajstić information content (AvgIpc) is 3.01. The van der Waals surface area contributed by atoms with Gasteiger partial charge in [-0.15, -0.1) is 0 Å². The molecule has 2 N–H and O–H groups in total. The summed E-state index contributed by atoms with van der Waals surface area (Å²) in [5.41, 5.74) is 3.05. The standard InChI is InChI=1S/C19H16N4O2/c1-25-16-8-3-2-7-15(16)21-19-18(13-5-4-6-14(24)11-13)22-17-12-20-9-10-23(17)19/h2-12,21,24H,1H3. The van der Waals surface area contributed by atoms with E-state index in [1.54, 1.807) is 37.7 Å². The van der Waals surface area contributed by atoms with Crippen LogP contribution in [0.1, 0.15) is 0 Å². The average molecular weight is 332 g/mol. The van der Waals surface area contributed by atoms with Gasteiger partial charge in [-0.3, -0.25) is 9.38 Å². The molecule has 0 atom stereocenters. The molecule has 25 heavy (non-hydrogen) atoms. The molecule has 2 aromatic carbocycles. The van der Waals surface area contributed by atoms with Crippen molar-refractivity contribution in [3.63, 3.8) is 0 Å². The number of benzene rings is 2. The third-order valence-electron chi connectivity index (χ3n) is 3.91. The van der Waals surface area contributed by atoms with Gasteiger partial charge in [0, 0.05) is 18.0 Å². The van der Waals surface area contributed by atoms with Gasteiger partial charge in [-0.05, 0) is 24.3 Å². The van der Waals surface area contributed by atoms with Crippen LogP contribution in [0.3, 0.4) is 0 Å². The molecule has 0 unspecified atom stereocenters. The number of hydrogen-bond acceptors (Lipinski definition) is 5. The molecule has 0 fully saturated rings. The second-order valence-corrected chi connectivity index (χ2v) is 5.49. The third kappa shape index (κ3) is 2.74. The smallest absolute Gasteiger partial charge is 0.157 e. The number of hydrogen-bond donors (Lipinski definition) is 2. The summed E-state index contributed by atoms with van der Waals surface area (Å²) in [6.45, 7) is 0. The highest BCUT2D eigenvalue weighted by atomic mass is 16.5. The zero-order valence-corrected chi connectivity index (χ0v) is 13.5. The van der Waals surface area contributed by atoms with Crippen LogP contribution in [0.4, 0.5) is 11.5 Å². The van der Waals surface area contributed by atoms with Crippen molar-refractivity contribution >= 4 is 17.2 Å². The van der Waals surface area contributed by atoms with Gasteiger partial charge >= 0.3 is 0 Å². The largest absolute Gasteiger partial charge is 0.508 e. The first-order valence-electron chi connectivity index (χ1n) is 7.78. The number of imidazole rings is 1. The number of para-hydroxylation sites is 2. The number of rotatable bonds is 4. The summed E-state index contributed by atoms with van der Waals surface area (Å²) in [5.74, 6) is 1.69. The second-order valence-electron chi connectivity index (χ2n) is 5.49. The number of nitrogens with zero attached hydrogens (tertiary/aromatic N) is 3. The van der Waals surface area contributed by atoms with Crippen molar-refractivity contribution in [1.29, 1.82) is 0 Å². The summed E-state index contributed by atoms with van der Waals surface area (Å²) in [6.07, 6.45) is 5.24. The Morgan fingerprint density at radius 3 is 2.84 bits per heavy atom. The Labute approximate surface area is 144 Å². The molecule has 0 amide bonds. The highest BCUT2D eigenvalue weighted by molar-refractivity contribution is 5.81. The normalized spacial score (nSPS) is 10.8. The van der Waals surface area contributed by atoms with E-state index in [-0.39, 0.29) is 5.75 Å². The van der Waals surface area contributed by atoms with Crippen LogP contribution >= 0.6 is 0 Å². The lowest BCUT2D eigenvalue weighted by Gasteiger charge is -2.12. The first-order valence-corrected chi connectivity index (χ1v) is 7.78. The van der Waals surface area contributed by atoms with E-state index in [9.17, 15) is 5.11 Å². The molecule has 0 bridgehead atoms. The van der Waals surface area contributed by atoms with Gasteiger partial charge in [-0.2, -0.15) is 0 Å². The van der Waals surface area contributed by atoms with E-state index in [2.05, 4.69) is 15.3 Å². The number of ether oxygens (including phenoxy) is 1. The van der Waals surface area contributed by atoms with E-state index in [1.807, 2.05) is 40.9 Å². The number of anilines is 2. The van der Waals surface area contributed by atoms with Gasteiger partial charge in [0.25, 0.3) is 0 Å². The van der Waals surface area contributed by atoms with Gasteiger partial charge in [-0.1, -0.05) is 24.3 Å². The van der Waals surface area contributed by atoms with Crippen molar-refractivity contribution in [1.82, 2.24) is 14.4 Å². The van der Waals surface area contributed by atoms with Crippen molar-refractivity contribution in [3.8, 4) is 22.8 Å². The van der Waals surface area contributed by atoms with Gasteiger partial charge in [-0.25, -0.2) is 4.98 Å². The molecule has 6 heteroatoms. The summed E-state index contributed by atoms with van der Waals surface area (Å²) in [5, 5.41) is 13.2. The van der Waals surface area contributed by atoms with Crippen molar-refractivity contribution in [2.45, 2.75) is 0 Å². The minimum absolute atomic E-state index is 0.191. The molecule has 0 spiro atoms. The minimum Gasteiger partial charge on any atom is -0.508 e. The lowest BCUT2D eigenvalue weighted by atomic mass is 10.1. The molecule has 0 radical (unpaired) electrons. The van der Waals surface area contributed by atoms with Crippen LogP contribution in [0.2, 0.25) is 0 Å². The highest BCUT2D eigenvalue weighted by Gasteiger charge is 2.16. The van der Waals surface area contributed by atoms with Gasteiger partial charge in [0.15, 0.2) is 5.65 Å². The Balaban J connectivity index is 1.91. The van der Waals surface area contributed by atoms with E-state index < -0.39 is 0 Å². The van der Waals surface area contributed by atoms with Crippen LogP contribution in [-0.2, 0) is 0 Å². The molecule has 0 aliphatic carbocycles. The molecule has 0 aliphatic heterocycles. The van der Waals surface area contributed by atoms with E-state index >= 15 is 0 Å². The number of phenols is 1. The predicted octanol–water partition coefficient (Wildman–Crippen LogP) is 3.85. The number of methoxy groups -OCH3 is 1. The Morgan fingerprint density at radius 1 is 1.12 bits per heavy atom. The molecular weight excluding hydrogens is 316 g/mol. The van der Waals surface area contributed by atoms with Crippen LogP contribution in [0.25, 0.3) is 16.9 Å². The van der Waals surface area contributed by atoms with Crippen molar-refractivity contribution in [2.75, 3.05) is 12.4 Å². The number of nitrogens with one attached hydrogen (secondary N) is 1. The zero-order valence-electron chi connectivity index (χ0n) is 13.5. The molecule has 4 rings (SSSR count). The zero-order chi connectivity index (χ0) is 17.2. The van der Waals surface area contributed by atoms with E-state index in [1.165, 1.54) is 0 Å². The fourth-order valence-electron chi connectivity index (χ4n) is 2.76. The Kier molecular flexibility index (Phi) is 3.70. The fourth-order valence-corrected chi connectivity index (χ4v) is 2.76. The molecule has 6 nitrogen and oxygen atoms in total. The Bertz CT molecular complexity index is 1040. The molecule has 0 saturated carbocycles. The first-order chi connectivity index (χ1) is 12.3. The van der Waals surface area contributed by atoms with Crippen LogP contribution in [0.15, 0.2) is 67.1 Å². The van der Waals surface area contributed by atoms with Gasteiger partial charge in [0.1, 0.15) is 23.0 Å². The maximum atomic E-state index is 9.82. The molecule has 2 heterocycles. The molecule has 124 valence electrons. The molecular formula is C19H16N4O2. The summed E-state index contributed by atoms with van der Waals surface area (Å²) < 4.78 is 7.34. The summed E-state index contributed by atoms with van der Waals surface area (Å²) in [7, 11) is 1.63. The second kappa shape index (κ2) is 6.16. The highest BCUT2D eigenvalue weighted by Crippen LogP contribution is 2.34. The maximum absolute atomic E-state index is 9.82. The van der Waals surface area contributed by atoms with E-state index in [4.69, 9.17) is 4.74 Å². The number of phenolic OH excluding ortho intramolecular Hbond substituents is 1. The monoisotopic (exact) mass is 332 g/mol. The van der Waals surface area contributed by atoms with Crippen molar-refractivity contribution in [2.24, 2.45) is 0 Å². The topological polar surface area (TPSA) is 71.7 Å². The third-order valence-corrected chi connectivity index (χ3v) is 3.91. The van der Waals surface area contributed by atoms with Crippen LogP contribution in [0.5, 0.6) is 11.5 Å². The number of aromatic hydroxyl groups is 1. The lowest BCUT2D eigenvalue weighted by Crippen LogP contribution is -1.99. The molecule has 4 aromatic rings. The van der Waals surface area contributed by atoms with Crippen LogP contribution < -0.4 is 10.1 Å². The summed E-state index contributed by atoms with van der Waals surface area (Å²) in [4.78, 5) is 8.80. The predicted molar refractivity (Wildman–Crippen MR) is 96.4 cm³/mol. The van der Waals surface area contributed by atoms with Gasteiger partial charge < -0.3 is 15.2 Å². The summed E-state index contributed by atoms with van der Waals surface area (Å²) in [6, 6.07) is 14.7. The quantitative estimate of drug-likeness (QED) is 0.594. The number of aromatic nitrogens is 3. The Hall–Kier alpha value is -3.54.